The van der Waals surface area contributed by atoms with Crippen molar-refractivity contribution in [2.24, 2.45) is 5.10 Å². The number of hydrazone groups is 1. The molecule has 0 saturated heterocycles. The van der Waals surface area contributed by atoms with Crippen molar-refractivity contribution in [3.63, 3.8) is 0 Å². The van der Waals surface area contributed by atoms with Gasteiger partial charge in [-0.15, -0.1) is 0 Å². The van der Waals surface area contributed by atoms with Crippen LogP contribution >= 0.6 is 0 Å². The summed E-state index contributed by atoms with van der Waals surface area (Å²) in [5, 5.41) is 4.74. The molecule has 0 radical (unpaired) electrons. The van der Waals surface area contributed by atoms with Crippen LogP contribution in [0.1, 0.15) is 13.8 Å². The molecule has 144 valence electrons. The summed E-state index contributed by atoms with van der Waals surface area (Å²) in [6.45, 7) is 3.53. The van der Waals surface area contributed by atoms with Crippen molar-refractivity contribution in [3.8, 4) is 16.9 Å². The number of benzene rings is 2. The second-order valence-corrected chi connectivity index (χ2v) is 5.91. The van der Waals surface area contributed by atoms with Gasteiger partial charge in [-0.1, -0.05) is 18.2 Å². The van der Waals surface area contributed by atoms with Crippen molar-refractivity contribution in [1.29, 1.82) is 0 Å². The van der Waals surface area contributed by atoms with Crippen molar-refractivity contribution in [3.05, 3.63) is 54.5 Å². The number of hydrogen-bond acceptors (Lipinski definition) is 6. The number of rotatable bonds is 6. The predicted molar refractivity (Wildman–Crippen MR) is 107 cm³/mol. The Hall–Kier alpha value is -3.48. The fraction of sp³-hybridized carbons (Fsp3) is 0.190. The Morgan fingerprint density at radius 1 is 1.18 bits per heavy atom. The molecule has 0 aliphatic rings. The minimum atomic E-state index is -0.514. The highest BCUT2D eigenvalue weighted by Gasteiger charge is 2.16. The van der Waals surface area contributed by atoms with Gasteiger partial charge in [0.15, 0.2) is 0 Å². The van der Waals surface area contributed by atoms with Gasteiger partial charge in [0.2, 0.25) is 0 Å². The van der Waals surface area contributed by atoms with E-state index >= 15 is 0 Å². The van der Waals surface area contributed by atoms with E-state index in [0.717, 1.165) is 0 Å². The van der Waals surface area contributed by atoms with E-state index in [1.54, 1.807) is 63.6 Å². The molecule has 0 aliphatic carbocycles. The van der Waals surface area contributed by atoms with Crippen LogP contribution in [0.3, 0.4) is 0 Å². The molecular formula is C21H20FN3O3. The molecule has 0 unspecified atom stereocenters. The second kappa shape index (κ2) is 8.47. The van der Waals surface area contributed by atoms with E-state index < -0.39 is 5.97 Å². The maximum atomic E-state index is 14.5. The van der Waals surface area contributed by atoms with Gasteiger partial charge in [0, 0.05) is 17.1 Å². The summed E-state index contributed by atoms with van der Waals surface area (Å²) in [5.41, 5.74) is 5.22. The number of fused-ring (bicyclic) bond motifs is 1. The summed E-state index contributed by atoms with van der Waals surface area (Å²) in [4.78, 5) is 16.2. The Labute approximate surface area is 162 Å². The maximum Gasteiger partial charge on any atom is 0.354 e. The van der Waals surface area contributed by atoms with Crippen LogP contribution in [-0.2, 0) is 9.53 Å². The van der Waals surface area contributed by atoms with Crippen LogP contribution in [-0.4, -0.2) is 30.4 Å². The molecular weight excluding hydrogens is 361 g/mol. The number of carbonyl (C=O) groups excluding carboxylic acids is 1. The molecule has 6 nitrogen and oxygen atoms in total. The lowest BCUT2D eigenvalue weighted by Gasteiger charge is -2.14. The predicted octanol–water partition coefficient (Wildman–Crippen LogP) is 4.40. The van der Waals surface area contributed by atoms with E-state index in [1.165, 1.54) is 6.07 Å². The van der Waals surface area contributed by atoms with Gasteiger partial charge in [0.05, 0.1) is 19.4 Å². The first-order chi connectivity index (χ1) is 13.6. The van der Waals surface area contributed by atoms with E-state index in [-0.39, 0.29) is 18.1 Å². The standard InChI is InChI=1S/C21H20FN3O3/c1-4-28-21(26)13(2)24-25-17-9-10-18(27-3)20-19(17)15(11-12-23-20)14-7-5-6-8-16(14)22/h5-12,25H,4H2,1-3H3/b24-13+. The Morgan fingerprint density at radius 3 is 2.68 bits per heavy atom. The van der Waals surface area contributed by atoms with Gasteiger partial charge in [-0.05, 0) is 43.7 Å². The smallest absolute Gasteiger partial charge is 0.354 e. The van der Waals surface area contributed by atoms with E-state index in [9.17, 15) is 9.18 Å². The van der Waals surface area contributed by atoms with E-state index in [2.05, 4.69) is 15.5 Å². The molecule has 1 aromatic heterocycles. The number of carbonyl (C=O) groups is 1. The zero-order valence-corrected chi connectivity index (χ0v) is 15.8. The van der Waals surface area contributed by atoms with E-state index in [1.807, 2.05) is 0 Å². The average molecular weight is 381 g/mol. The van der Waals surface area contributed by atoms with Crippen molar-refractivity contribution in [2.45, 2.75) is 13.8 Å². The van der Waals surface area contributed by atoms with Crippen LogP contribution in [0, 0.1) is 5.82 Å². The minimum absolute atomic E-state index is 0.169. The van der Waals surface area contributed by atoms with Gasteiger partial charge in [0.1, 0.15) is 22.8 Å². The quantitative estimate of drug-likeness (QED) is 0.389. The van der Waals surface area contributed by atoms with Gasteiger partial charge in [-0.25, -0.2) is 9.18 Å². The Balaban J connectivity index is 2.17. The van der Waals surface area contributed by atoms with Crippen LogP contribution in [0.5, 0.6) is 5.75 Å². The summed E-state index contributed by atoms with van der Waals surface area (Å²) in [6, 6.07) is 11.7. The molecule has 3 rings (SSSR count). The summed E-state index contributed by atoms with van der Waals surface area (Å²) in [7, 11) is 1.54. The van der Waals surface area contributed by atoms with Crippen LogP contribution in [0.2, 0.25) is 0 Å². The maximum absolute atomic E-state index is 14.5. The molecule has 28 heavy (non-hydrogen) atoms. The summed E-state index contributed by atoms with van der Waals surface area (Å²) in [6.07, 6.45) is 1.60. The largest absolute Gasteiger partial charge is 0.494 e. The summed E-state index contributed by atoms with van der Waals surface area (Å²) < 4.78 is 24.8. The van der Waals surface area contributed by atoms with Gasteiger partial charge >= 0.3 is 5.97 Å². The number of ether oxygens (including phenoxy) is 2. The zero-order valence-electron chi connectivity index (χ0n) is 15.8. The van der Waals surface area contributed by atoms with Crippen molar-refractivity contribution >= 4 is 28.3 Å². The lowest BCUT2D eigenvalue weighted by molar-refractivity contribution is -0.135. The third-order valence-corrected chi connectivity index (χ3v) is 4.15. The SMILES string of the molecule is CCOC(=O)/C(C)=N/Nc1ccc(OC)c2nccc(-c3ccccc3F)c12. The molecule has 2 aromatic carbocycles. The van der Waals surface area contributed by atoms with Crippen LogP contribution in [0.4, 0.5) is 10.1 Å². The first-order valence-electron chi connectivity index (χ1n) is 8.74. The molecule has 0 amide bonds. The zero-order chi connectivity index (χ0) is 20.1. The number of esters is 1. The fourth-order valence-corrected chi connectivity index (χ4v) is 2.83. The van der Waals surface area contributed by atoms with Gasteiger partial charge in [-0.3, -0.25) is 10.4 Å². The number of nitrogens with zero attached hydrogens (tertiary/aromatic N) is 2. The molecule has 1 heterocycles. The number of pyridine rings is 1. The molecule has 0 fully saturated rings. The number of methoxy groups -OCH3 is 1. The molecule has 3 aromatic rings. The molecule has 0 atom stereocenters. The minimum Gasteiger partial charge on any atom is -0.494 e. The van der Waals surface area contributed by atoms with Crippen LogP contribution < -0.4 is 10.2 Å². The lowest BCUT2D eigenvalue weighted by atomic mass is 9.99. The topological polar surface area (TPSA) is 72.8 Å². The van der Waals surface area contributed by atoms with Crippen LogP contribution in [0.15, 0.2) is 53.8 Å². The van der Waals surface area contributed by atoms with Gasteiger partial charge < -0.3 is 9.47 Å². The number of aromatic nitrogens is 1. The third-order valence-electron chi connectivity index (χ3n) is 4.15. The fourth-order valence-electron chi connectivity index (χ4n) is 2.83. The lowest BCUT2D eigenvalue weighted by Crippen LogP contribution is -2.15. The molecule has 1 N–H and O–H groups in total. The Kier molecular flexibility index (Phi) is 5.84. The van der Waals surface area contributed by atoms with Crippen molar-refractivity contribution in [2.75, 3.05) is 19.1 Å². The normalized spacial score (nSPS) is 11.4. The van der Waals surface area contributed by atoms with Crippen LogP contribution in [0.25, 0.3) is 22.0 Å². The first kappa shape index (κ1) is 19.3. The monoisotopic (exact) mass is 381 g/mol. The Bertz CT molecular complexity index is 1050. The summed E-state index contributed by atoms with van der Waals surface area (Å²) in [5.74, 6) is -0.319. The highest BCUT2D eigenvalue weighted by Crippen LogP contribution is 2.38. The number of anilines is 1. The highest BCUT2D eigenvalue weighted by molar-refractivity contribution is 6.35. The summed E-state index contributed by atoms with van der Waals surface area (Å²) >= 11 is 0. The number of halogens is 1. The molecule has 0 bridgehead atoms. The average Bonchev–Trinajstić information content (AvgIpc) is 2.71. The van der Waals surface area contributed by atoms with Gasteiger partial charge in [0.25, 0.3) is 0 Å². The first-order valence-corrected chi connectivity index (χ1v) is 8.74. The Morgan fingerprint density at radius 2 is 1.96 bits per heavy atom. The van der Waals surface area contributed by atoms with Gasteiger partial charge in [-0.2, -0.15) is 5.10 Å². The highest BCUT2D eigenvalue weighted by atomic mass is 19.1. The number of hydrogen-bond donors (Lipinski definition) is 1. The second-order valence-electron chi connectivity index (χ2n) is 5.91. The third kappa shape index (κ3) is 3.78. The van der Waals surface area contributed by atoms with E-state index in [0.29, 0.717) is 33.5 Å². The molecule has 7 heteroatoms. The van der Waals surface area contributed by atoms with Crippen molar-refractivity contribution in [1.82, 2.24) is 4.98 Å². The molecule has 0 saturated carbocycles. The molecule has 0 aliphatic heterocycles. The number of nitrogens with one attached hydrogen (secondary N) is 1. The van der Waals surface area contributed by atoms with E-state index in [4.69, 9.17) is 9.47 Å². The van der Waals surface area contributed by atoms with Crippen molar-refractivity contribution < 1.29 is 18.7 Å². The molecule has 0 spiro atoms.